The Hall–Kier alpha value is -6.98. The van der Waals surface area contributed by atoms with E-state index in [0.717, 1.165) is 46.9 Å². The third kappa shape index (κ3) is 6.83. The first-order valence-corrected chi connectivity index (χ1v) is 28.7. The molecule has 14 rings (SSSR count). The van der Waals surface area contributed by atoms with Crippen LogP contribution in [-0.2, 0) is 27.1 Å². The monoisotopic (exact) mass is 1010 g/mol. The zero-order chi connectivity index (χ0) is 53.5. The number of aryl methyl sites for hydroxylation is 1. The molecule has 0 spiro atoms. The lowest BCUT2D eigenvalue weighted by Gasteiger charge is -2.51. The van der Waals surface area contributed by atoms with Gasteiger partial charge in [0.1, 0.15) is 5.58 Å². The average Bonchev–Trinajstić information content (AvgIpc) is 4.05. The van der Waals surface area contributed by atoms with Crippen molar-refractivity contribution in [2.75, 3.05) is 14.7 Å². The number of hydrogen-bond acceptors (Lipinski definition) is 4. The summed E-state index contributed by atoms with van der Waals surface area (Å²) in [6, 6.07) is 59.2. The molecule has 386 valence electrons. The molecule has 5 heteroatoms. The SMILES string of the molecule is Cc1ccccc1N1c2ccc(C(C)(C)C)cc2B2c3cc4c(cc3N(c3cccc5c3oc3ccccc35)c3cc(N5c6ccc(-c7ccc(C(C)(C)C)cc7)cc6C6(C)CCCCC56C)cc1c32)C(C)(C)CC4(C)C. The van der Waals surface area contributed by atoms with Crippen LogP contribution in [0.15, 0.2) is 156 Å². The van der Waals surface area contributed by atoms with Gasteiger partial charge in [-0.3, -0.25) is 0 Å². The van der Waals surface area contributed by atoms with Crippen molar-refractivity contribution in [1.82, 2.24) is 0 Å². The minimum atomic E-state index is -0.198. The molecule has 1 aromatic heterocycles. The smallest absolute Gasteiger partial charge is 0.252 e. The maximum Gasteiger partial charge on any atom is 0.252 e. The van der Waals surface area contributed by atoms with Gasteiger partial charge < -0.3 is 19.1 Å². The summed E-state index contributed by atoms with van der Waals surface area (Å²) in [5.74, 6) is 0. The van der Waals surface area contributed by atoms with Crippen molar-refractivity contribution in [3.63, 3.8) is 0 Å². The molecule has 1 saturated carbocycles. The van der Waals surface area contributed by atoms with Crippen LogP contribution in [0, 0.1) is 6.92 Å². The molecule has 5 aliphatic rings. The second kappa shape index (κ2) is 16.1. The number of anilines is 8. The van der Waals surface area contributed by atoms with Crippen molar-refractivity contribution in [2.45, 2.75) is 155 Å². The quantitative estimate of drug-likeness (QED) is 0.164. The number of benzene rings is 8. The average molecular weight is 1010 g/mol. The Morgan fingerprint density at radius 2 is 1.08 bits per heavy atom. The summed E-state index contributed by atoms with van der Waals surface area (Å²) in [5, 5.41) is 2.28. The Labute approximate surface area is 458 Å². The summed E-state index contributed by atoms with van der Waals surface area (Å²) in [4.78, 5) is 8.11. The van der Waals surface area contributed by atoms with Crippen LogP contribution < -0.4 is 31.1 Å². The van der Waals surface area contributed by atoms with Crippen LogP contribution in [0.2, 0.25) is 0 Å². The van der Waals surface area contributed by atoms with Gasteiger partial charge in [0.25, 0.3) is 6.71 Å². The Kier molecular flexibility index (Phi) is 10.1. The lowest BCUT2D eigenvalue weighted by atomic mass is 9.33. The minimum absolute atomic E-state index is 0.00330. The van der Waals surface area contributed by atoms with E-state index in [2.05, 4.69) is 256 Å². The van der Waals surface area contributed by atoms with Crippen molar-refractivity contribution in [3.05, 3.63) is 185 Å². The van der Waals surface area contributed by atoms with Gasteiger partial charge >= 0.3 is 0 Å². The zero-order valence-electron chi connectivity index (χ0n) is 47.8. The first-order chi connectivity index (χ1) is 36.6. The Bertz CT molecular complexity index is 3950. The van der Waals surface area contributed by atoms with Crippen molar-refractivity contribution >= 4 is 90.5 Å². The molecule has 2 aliphatic carbocycles. The fraction of sp³-hybridized carbons (Fsp3) is 0.333. The lowest BCUT2D eigenvalue weighted by Crippen LogP contribution is -2.62. The van der Waals surface area contributed by atoms with Crippen molar-refractivity contribution < 1.29 is 4.42 Å². The van der Waals surface area contributed by atoms with Gasteiger partial charge in [0.15, 0.2) is 5.58 Å². The Morgan fingerprint density at radius 3 is 1.81 bits per heavy atom. The lowest BCUT2D eigenvalue weighted by molar-refractivity contribution is 0.195. The molecule has 2 atom stereocenters. The van der Waals surface area contributed by atoms with E-state index in [9.17, 15) is 0 Å². The molecular formula is C72H74BN3O. The van der Waals surface area contributed by atoms with E-state index in [-0.39, 0.29) is 39.3 Å². The number of furan rings is 1. The van der Waals surface area contributed by atoms with Gasteiger partial charge in [-0.1, -0.05) is 186 Å². The molecule has 1 fully saturated rings. The molecule has 0 saturated heterocycles. The molecule has 4 nitrogen and oxygen atoms in total. The molecule has 0 bridgehead atoms. The zero-order valence-corrected chi connectivity index (χ0v) is 47.8. The van der Waals surface area contributed by atoms with Crippen LogP contribution in [0.5, 0.6) is 0 Å². The largest absolute Gasteiger partial charge is 0.454 e. The molecule has 2 unspecified atom stereocenters. The van der Waals surface area contributed by atoms with Crippen molar-refractivity contribution in [2.24, 2.45) is 0 Å². The van der Waals surface area contributed by atoms with Gasteiger partial charge in [-0.25, -0.2) is 0 Å². The number of para-hydroxylation sites is 3. The number of fused-ring (bicyclic) bond motifs is 11. The molecule has 77 heavy (non-hydrogen) atoms. The fourth-order valence-electron chi connectivity index (χ4n) is 15.8. The summed E-state index contributed by atoms with van der Waals surface area (Å²) in [7, 11) is 0. The van der Waals surface area contributed by atoms with Crippen molar-refractivity contribution in [1.29, 1.82) is 0 Å². The topological polar surface area (TPSA) is 22.9 Å². The van der Waals surface area contributed by atoms with Gasteiger partial charge in [0.05, 0.1) is 11.2 Å². The number of hydrogen-bond donors (Lipinski definition) is 0. The molecule has 0 N–H and O–H groups in total. The first kappa shape index (κ1) is 48.4. The standard InChI is InChI=1S/C72H74BN3O/c1-44-21-14-16-24-57(44)74-59-34-32-48(68(5,6)7)38-55(59)73-56-41-52-53(70(10,11)43-69(52,8)9)42-61(56)75(60-25-20-23-51-50-22-15-17-26-64(50)77-66(51)60)63-40-49(39-62(74)65(63)73)76-58-33-29-46(45-27-30-47(31-28-45)67(2,3)4)37-54(58)71(12)35-18-19-36-72(71,76)13/h14-17,20-34,37-42H,18-19,35-36,43H2,1-13H3. The van der Waals surface area contributed by atoms with Crippen LogP contribution in [0.4, 0.5) is 45.5 Å². The highest BCUT2D eigenvalue weighted by atomic mass is 16.3. The van der Waals surface area contributed by atoms with Crippen molar-refractivity contribution in [3.8, 4) is 11.1 Å². The Balaban J connectivity index is 1.11. The van der Waals surface area contributed by atoms with Crippen LogP contribution in [0.1, 0.15) is 149 Å². The summed E-state index contributed by atoms with van der Waals surface area (Å²) in [5.41, 5.74) is 26.4. The van der Waals surface area contributed by atoms with E-state index < -0.39 is 0 Å². The van der Waals surface area contributed by atoms with E-state index in [1.807, 2.05) is 0 Å². The normalized spacial score (nSPS) is 20.7. The van der Waals surface area contributed by atoms with Crippen LogP contribution >= 0.6 is 0 Å². The van der Waals surface area contributed by atoms with E-state index in [4.69, 9.17) is 4.42 Å². The maximum atomic E-state index is 7.13. The van der Waals surface area contributed by atoms with Gasteiger partial charge in [-0.15, -0.1) is 0 Å². The summed E-state index contributed by atoms with van der Waals surface area (Å²) >= 11 is 0. The van der Waals surface area contributed by atoms with Crippen LogP contribution in [-0.4, -0.2) is 12.3 Å². The van der Waals surface area contributed by atoms with Gasteiger partial charge in [0, 0.05) is 56.0 Å². The van der Waals surface area contributed by atoms with Gasteiger partial charge in [0.2, 0.25) is 0 Å². The van der Waals surface area contributed by atoms with Crippen LogP contribution in [0.25, 0.3) is 33.1 Å². The number of nitrogens with zero attached hydrogens (tertiary/aromatic N) is 3. The third-order valence-electron chi connectivity index (χ3n) is 19.8. The summed E-state index contributed by atoms with van der Waals surface area (Å²) in [6.45, 7) is 31.3. The molecule has 8 aromatic carbocycles. The highest BCUT2D eigenvalue weighted by Gasteiger charge is 2.58. The maximum absolute atomic E-state index is 7.13. The minimum Gasteiger partial charge on any atom is -0.454 e. The summed E-state index contributed by atoms with van der Waals surface area (Å²) < 4.78 is 7.13. The Morgan fingerprint density at radius 1 is 0.481 bits per heavy atom. The van der Waals surface area contributed by atoms with Gasteiger partial charge in [-0.2, -0.15) is 0 Å². The van der Waals surface area contributed by atoms with Gasteiger partial charge in [-0.05, 0) is 170 Å². The molecular weight excluding hydrogens is 934 g/mol. The molecule has 9 aromatic rings. The van der Waals surface area contributed by atoms with E-state index >= 15 is 0 Å². The van der Waals surface area contributed by atoms with E-state index in [0.29, 0.717) is 0 Å². The highest BCUT2D eigenvalue weighted by molar-refractivity contribution is 7.00. The van der Waals surface area contributed by atoms with Crippen LogP contribution in [0.3, 0.4) is 0 Å². The fourth-order valence-corrected chi connectivity index (χ4v) is 15.8. The molecule has 4 heterocycles. The first-order valence-electron chi connectivity index (χ1n) is 28.7. The predicted molar refractivity (Wildman–Crippen MR) is 329 cm³/mol. The summed E-state index contributed by atoms with van der Waals surface area (Å²) in [6.07, 6.45) is 5.75. The predicted octanol–water partition coefficient (Wildman–Crippen LogP) is 17.9. The second-order valence-electron chi connectivity index (χ2n) is 27.7. The molecule has 3 aliphatic heterocycles. The third-order valence-corrected chi connectivity index (χ3v) is 19.8. The molecule has 0 radical (unpaired) electrons. The highest BCUT2D eigenvalue weighted by Crippen LogP contribution is 2.63. The molecule has 0 amide bonds. The number of rotatable bonds is 4. The second-order valence-corrected chi connectivity index (χ2v) is 27.7. The van der Waals surface area contributed by atoms with E-state index in [1.165, 1.54) is 114 Å². The van der Waals surface area contributed by atoms with E-state index in [1.54, 1.807) is 0 Å².